The van der Waals surface area contributed by atoms with Crippen LogP contribution in [0.1, 0.15) is 53.0 Å². The van der Waals surface area contributed by atoms with E-state index in [9.17, 15) is 13.2 Å². The number of hydrogen-bond donors (Lipinski definition) is 1. The molecule has 1 amide bonds. The van der Waals surface area contributed by atoms with Crippen molar-refractivity contribution in [2.24, 2.45) is 0 Å². The molecule has 138 valence electrons. The van der Waals surface area contributed by atoms with E-state index in [2.05, 4.69) is 17.0 Å². The van der Waals surface area contributed by atoms with Crippen molar-refractivity contribution < 1.29 is 13.2 Å². The lowest BCUT2D eigenvalue weighted by Gasteiger charge is -2.11. The van der Waals surface area contributed by atoms with Crippen LogP contribution in [0.2, 0.25) is 0 Å². The van der Waals surface area contributed by atoms with E-state index >= 15 is 0 Å². The Morgan fingerprint density at radius 3 is 2.81 bits per heavy atom. The second kappa shape index (κ2) is 6.19. The van der Waals surface area contributed by atoms with Crippen molar-refractivity contribution in [2.75, 3.05) is 18.1 Å². The first-order valence-corrected chi connectivity index (χ1v) is 10.7. The summed E-state index contributed by atoms with van der Waals surface area (Å²) in [7, 11) is -3.03. The maximum absolute atomic E-state index is 12.7. The van der Waals surface area contributed by atoms with Crippen molar-refractivity contribution in [1.82, 2.24) is 20.1 Å². The predicted octanol–water partition coefficient (Wildman–Crippen LogP) is 1.89. The second-order valence-corrected chi connectivity index (χ2v) is 9.38. The summed E-state index contributed by atoms with van der Waals surface area (Å²) in [5, 5.41) is 8.11. The SMILES string of the molecule is C=CCNC(=O)c1cc(C2CC2)nc2c1c(C)nn2[C@H]1CCS(=O)(=O)C1. The molecule has 2 fully saturated rings. The Labute approximate surface area is 152 Å². The number of aromatic nitrogens is 3. The minimum absolute atomic E-state index is 0.0799. The Morgan fingerprint density at radius 1 is 1.42 bits per heavy atom. The molecule has 7 nitrogen and oxygen atoms in total. The largest absolute Gasteiger partial charge is 0.349 e. The molecule has 0 radical (unpaired) electrons. The van der Waals surface area contributed by atoms with Gasteiger partial charge in [-0.3, -0.25) is 4.79 Å². The van der Waals surface area contributed by atoms with Crippen LogP contribution >= 0.6 is 0 Å². The second-order valence-electron chi connectivity index (χ2n) is 7.15. The Kier molecular flexibility index (Phi) is 4.10. The van der Waals surface area contributed by atoms with Crippen LogP contribution < -0.4 is 5.32 Å². The van der Waals surface area contributed by atoms with Crippen LogP contribution in [0.25, 0.3) is 11.0 Å². The van der Waals surface area contributed by atoms with Crippen LogP contribution in [0.15, 0.2) is 18.7 Å². The minimum atomic E-state index is -3.03. The molecule has 1 atom stereocenters. The molecule has 4 rings (SSSR count). The number of carbonyl (C=O) groups is 1. The highest BCUT2D eigenvalue weighted by molar-refractivity contribution is 7.91. The van der Waals surface area contributed by atoms with Crippen molar-refractivity contribution in [3.8, 4) is 0 Å². The van der Waals surface area contributed by atoms with E-state index in [1.807, 2.05) is 13.0 Å². The van der Waals surface area contributed by atoms with E-state index in [0.29, 0.717) is 41.2 Å². The molecular formula is C18H22N4O3S. The van der Waals surface area contributed by atoms with Gasteiger partial charge in [-0.2, -0.15) is 5.10 Å². The standard InChI is InChI=1S/C18H22N4O3S/c1-3-7-19-18(23)14-9-15(12-4-5-12)20-17-16(14)11(2)21-22(17)13-6-8-26(24,25)10-13/h3,9,12-13H,1,4-8,10H2,2H3,(H,19,23)/t13-/m0/s1. The summed E-state index contributed by atoms with van der Waals surface area (Å²) in [6.45, 7) is 5.85. The average molecular weight is 374 g/mol. The molecule has 0 spiro atoms. The number of rotatable bonds is 5. The molecule has 26 heavy (non-hydrogen) atoms. The van der Waals surface area contributed by atoms with Gasteiger partial charge in [0.05, 0.1) is 34.2 Å². The Balaban J connectivity index is 1.86. The molecule has 0 unspecified atom stereocenters. The third kappa shape index (κ3) is 3.02. The van der Waals surface area contributed by atoms with Gasteiger partial charge in [-0.1, -0.05) is 6.08 Å². The quantitative estimate of drug-likeness (QED) is 0.807. The summed E-state index contributed by atoms with van der Waals surface area (Å²) in [5.41, 5.74) is 2.77. The van der Waals surface area contributed by atoms with Gasteiger partial charge in [0.25, 0.3) is 5.91 Å². The first-order chi connectivity index (χ1) is 12.4. The molecule has 1 aliphatic heterocycles. The van der Waals surface area contributed by atoms with E-state index in [4.69, 9.17) is 4.98 Å². The van der Waals surface area contributed by atoms with Crippen LogP contribution in [0.3, 0.4) is 0 Å². The van der Waals surface area contributed by atoms with Crippen LogP contribution in [0.4, 0.5) is 0 Å². The molecule has 2 aromatic rings. The molecule has 1 N–H and O–H groups in total. The van der Waals surface area contributed by atoms with Crippen molar-refractivity contribution in [3.05, 3.63) is 35.7 Å². The average Bonchev–Trinajstić information content (AvgIpc) is 3.32. The highest BCUT2D eigenvalue weighted by Gasteiger charge is 2.33. The number of aryl methyl sites for hydroxylation is 1. The first kappa shape index (κ1) is 17.2. The Hall–Kier alpha value is -2.22. The molecule has 2 aliphatic rings. The lowest BCUT2D eigenvalue weighted by atomic mass is 10.1. The number of fused-ring (bicyclic) bond motifs is 1. The van der Waals surface area contributed by atoms with Crippen molar-refractivity contribution in [1.29, 1.82) is 0 Å². The molecule has 1 saturated carbocycles. The molecule has 3 heterocycles. The third-order valence-electron chi connectivity index (χ3n) is 5.06. The first-order valence-electron chi connectivity index (χ1n) is 8.89. The van der Waals surface area contributed by atoms with Crippen LogP contribution in [-0.4, -0.2) is 47.1 Å². The summed E-state index contributed by atoms with van der Waals surface area (Å²) in [4.78, 5) is 17.5. The van der Waals surface area contributed by atoms with Crippen LogP contribution in [0.5, 0.6) is 0 Å². The highest BCUT2D eigenvalue weighted by Crippen LogP contribution is 2.41. The molecular weight excluding hydrogens is 352 g/mol. The van der Waals surface area contributed by atoms with Crippen LogP contribution in [-0.2, 0) is 9.84 Å². The van der Waals surface area contributed by atoms with E-state index in [-0.39, 0.29) is 23.5 Å². The summed E-state index contributed by atoms with van der Waals surface area (Å²) >= 11 is 0. The van der Waals surface area contributed by atoms with Crippen molar-refractivity contribution in [3.63, 3.8) is 0 Å². The normalized spacial score (nSPS) is 21.8. The predicted molar refractivity (Wildman–Crippen MR) is 99.1 cm³/mol. The van der Waals surface area contributed by atoms with Gasteiger partial charge in [0.2, 0.25) is 0 Å². The number of nitrogens with zero attached hydrogens (tertiary/aromatic N) is 3. The van der Waals surface area contributed by atoms with Gasteiger partial charge < -0.3 is 5.32 Å². The van der Waals surface area contributed by atoms with E-state index < -0.39 is 9.84 Å². The summed E-state index contributed by atoms with van der Waals surface area (Å²) in [6, 6.07) is 1.64. The number of nitrogens with one attached hydrogen (secondary N) is 1. The zero-order chi connectivity index (χ0) is 18.5. The molecule has 1 aliphatic carbocycles. The van der Waals surface area contributed by atoms with E-state index in [0.717, 1.165) is 18.5 Å². The van der Waals surface area contributed by atoms with Gasteiger partial charge in [0.15, 0.2) is 15.5 Å². The highest BCUT2D eigenvalue weighted by atomic mass is 32.2. The van der Waals surface area contributed by atoms with Crippen LogP contribution in [0, 0.1) is 6.92 Å². The van der Waals surface area contributed by atoms with Crippen molar-refractivity contribution >= 4 is 26.8 Å². The zero-order valence-corrected chi connectivity index (χ0v) is 15.6. The van der Waals surface area contributed by atoms with Gasteiger partial charge in [-0.25, -0.2) is 18.1 Å². The van der Waals surface area contributed by atoms with E-state index in [1.54, 1.807) is 10.8 Å². The number of sulfone groups is 1. The third-order valence-corrected chi connectivity index (χ3v) is 6.81. The summed E-state index contributed by atoms with van der Waals surface area (Å²) in [6.07, 6.45) is 4.30. The minimum Gasteiger partial charge on any atom is -0.349 e. The van der Waals surface area contributed by atoms with Gasteiger partial charge in [-0.05, 0) is 32.3 Å². The summed E-state index contributed by atoms with van der Waals surface area (Å²) < 4.78 is 25.5. The Morgan fingerprint density at radius 2 is 2.19 bits per heavy atom. The molecule has 2 aromatic heterocycles. The molecule has 0 bridgehead atoms. The fourth-order valence-corrected chi connectivity index (χ4v) is 5.27. The molecule has 8 heteroatoms. The maximum atomic E-state index is 12.7. The molecule has 1 saturated heterocycles. The van der Waals surface area contributed by atoms with Gasteiger partial charge in [-0.15, -0.1) is 6.58 Å². The fourth-order valence-electron chi connectivity index (χ4n) is 3.58. The molecule has 0 aromatic carbocycles. The van der Waals surface area contributed by atoms with Gasteiger partial charge in [0, 0.05) is 18.2 Å². The number of amides is 1. The van der Waals surface area contributed by atoms with Gasteiger partial charge >= 0.3 is 0 Å². The number of hydrogen-bond acceptors (Lipinski definition) is 5. The fraction of sp³-hybridized carbons (Fsp3) is 0.500. The number of carbonyl (C=O) groups excluding carboxylic acids is 1. The zero-order valence-electron chi connectivity index (χ0n) is 14.7. The van der Waals surface area contributed by atoms with Crippen molar-refractivity contribution in [2.45, 2.75) is 38.1 Å². The lowest BCUT2D eigenvalue weighted by Crippen LogP contribution is -2.24. The topological polar surface area (TPSA) is 93.9 Å². The Bertz CT molecular complexity index is 1010. The number of pyridine rings is 1. The maximum Gasteiger partial charge on any atom is 0.252 e. The lowest BCUT2D eigenvalue weighted by molar-refractivity contribution is 0.0959. The van der Waals surface area contributed by atoms with Gasteiger partial charge in [0.1, 0.15) is 0 Å². The summed E-state index contributed by atoms with van der Waals surface area (Å²) in [5.74, 6) is 0.450. The monoisotopic (exact) mass is 374 g/mol. The smallest absolute Gasteiger partial charge is 0.252 e. The van der Waals surface area contributed by atoms with E-state index in [1.165, 1.54) is 0 Å².